The van der Waals surface area contributed by atoms with Gasteiger partial charge in [-0.15, -0.1) is 4.91 Å². The molecule has 10 nitrogen and oxygen atoms in total. The molecule has 2 aliphatic heterocycles. The number of hydrogen-bond acceptors (Lipinski definition) is 10. The number of rotatable bonds is 14. The summed E-state index contributed by atoms with van der Waals surface area (Å²) in [5.41, 5.74) is 10.6. The zero-order chi connectivity index (χ0) is 39.1. The van der Waals surface area contributed by atoms with Crippen molar-refractivity contribution in [1.82, 2.24) is 24.8 Å². The van der Waals surface area contributed by atoms with Crippen molar-refractivity contribution in [3.05, 3.63) is 135 Å². The number of benzene rings is 3. The summed E-state index contributed by atoms with van der Waals surface area (Å²) in [5, 5.41) is 8.24. The Morgan fingerprint density at radius 2 is 1.46 bits per heavy atom. The number of nitrogens with one attached hydrogen (secondary N) is 1. The molecule has 3 aromatic carbocycles. The van der Waals surface area contributed by atoms with Gasteiger partial charge in [0.25, 0.3) is 0 Å². The van der Waals surface area contributed by atoms with E-state index < -0.39 is 0 Å². The van der Waals surface area contributed by atoms with Crippen molar-refractivity contribution in [3.63, 3.8) is 0 Å². The molecule has 57 heavy (non-hydrogen) atoms. The summed E-state index contributed by atoms with van der Waals surface area (Å²) >= 11 is 6.92. The zero-order valence-electron chi connectivity index (χ0n) is 32.6. The van der Waals surface area contributed by atoms with Gasteiger partial charge in [-0.25, -0.2) is 4.98 Å². The van der Waals surface area contributed by atoms with E-state index in [0.29, 0.717) is 23.1 Å². The van der Waals surface area contributed by atoms with Gasteiger partial charge in [-0.05, 0) is 135 Å². The molecule has 292 valence electrons. The second-order valence-corrected chi connectivity index (χ2v) is 15.6. The number of piperidine rings is 1. The Kier molecular flexibility index (Phi) is 12.0. The van der Waals surface area contributed by atoms with Gasteiger partial charge in [0.15, 0.2) is 5.82 Å². The summed E-state index contributed by atoms with van der Waals surface area (Å²) in [6, 6.07) is 22.5. The summed E-state index contributed by atoms with van der Waals surface area (Å²) < 4.78 is 12.8. The molecular weight excluding hydrogens is 734 g/mol. The Balaban J connectivity index is 1.01. The summed E-state index contributed by atoms with van der Waals surface area (Å²) in [5.74, 6) is 1.97. The predicted octanol–water partition coefficient (Wildman–Crippen LogP) is 10.8. The molecule has 0 amide bonds. The number of ether oxygens (including phenoxy) is 2. The van der Waals surface area contributed by atoms with Crippen molar-refractivity contribution in [2.75, 3.05) is 31.5 Å². The van der Waals surface area contributed by atoms with Gasteiger partial charge in [-0.2, -0.15) is 0 Å². The highest BCUT2D eigenvalue weighted by Crippen LogP contribution is 2.37. The molecule has 1 N–H and O–H groups in total. The predicted molar refractivity (Wildman–Crippen MR) is 228 cm³/mol. The van der Waals surface area contributed by atoms with Crippen molar-refractivity contribution in [3.8, 4) is 22.6 Å². The fraction of sp³-hybridized carbons (Fsp3) is 0.326. The smallest absolute Gasteiger partial charge is 0.156 e. The molecule has 2 fully saturated rings. The number of nitroso groups, excluding NO2 is 1. The lowest BCUT2D eigenvalue weighted by Crippen LogP contribution is -2.29. The van der Waals surface area contributed by atoms with Crippen molar-refractivity contribution < 1.29 is 9.47 Å². The molecular formula is C46H48ClN7O3. The standard InChI is InChI=1S/C46H48ClN7O3/c1-31-36(30-57-44-23-43(56-29-34-21-38(52-55)26-48-24-34)37(22-41(44)47)28-54-16-4-3-5-17-54)10-8-11-39(31)40-12-9-13-42(32(40)2)51-46-45-35(14-15-49-46)20-33(25-50-45)27-53-18-6-7-19-53/h8-15,20-26H,3-7,16-19,27-30H2,1-2H3,(H,49,51). The molecule has 0 radical (unpaired) electrons. The number of fused-ring (bicyclic) bond motifs is 1. The highest BCUT2D eigenvalue weighted by atomic mass is 35.5. The Morgan fingerprint density at radius 3 is 2.26 bits per heavy atom. The van der Waals surface area contributed by atoms with Crippen LogP contribution in [-0.2, 0) is 26.3 Å². The molecule has 0 spiro atoms. The van der Waals surface area contributed by atoms with E-state index in [0.717, 1.165) is 101 Å². The van der Waals surface area contributed by atoms with Gasteiger partial charge in [0.2, 0.25) is 0 Å². The van der Waals surface area contributed by atoms with E-state index in [-0.39, 0.29) is 12.3 Å². The summed E-state index contributed by atoms with van der Waals surface area (Å²) in [6.45, 7) is 10.9. The number of hydrogen-bond donors (Lipinski definition) is 1. The molecule has 0 unspecified atom stereocenters. The molecule has 6 aromatic rings. The topological polar surface area (TPSA) is 105 Å². The lowest BCUT2D eigenvalue weighted by molar-refractivity contribution is 0.214. The van der Waals surface area contributed by atoms with Crippen molar-refractivity contribution >= 4 is 39.7 Å². The Morgan fingerprint density at radius 1 is 0.719 bits per heavy atom. The van der Waals surface area contributed by atoms with E-state index >= 15 is 0 Å². The van der Waals surface area contributed by atoms with Gasteiger partial charge < -0.3 is 14.8 Å². The van der Waals surface area contributed by atoms with Crippen LogP contribution in [0.15, 0.2) is 96.7 Å². The average Bonchev–Trinajstić information content (AvgIpc) is 3.75. The zero-order valence-corrected chi connectivity index (χ0v) is 33.4. The third-order valence-corrected chi connectivity index (χ3v) is 11.5. The first-order chi connectivity index (χ1) is 27.9. The van der Waals surface area contributed by atoms with Crippen LogP contribution >= 0.6 is 11.6 Å². The van der Waals surface area contributed by atoms with E-state index in [4.69, 9.17) is 31.0 Å². The average molecular weight is 782 g/mol. The first kappa shape index (κ1) is 38.5. The minimum absolute atomic E-state index is 0.228. The molecule has 0 bridgehead atoms. The largest absolute Gasteiger partial charge is 0.488 e. The third kappa shape index (κ3) is 9.09. The number of anilines is 2. The van der Waals surface area contributed by atoms with Crippen molar-refractivity contribution in [2.24, 2.45) is 5.18 Å². The summed E-state index contributed by atoms with van der Waals surface area (Å²) in [6.07, 6.45) is 13.1. The van der Waals surface area contributed by atoms with Gasteiger partial charge in [-0.3, -0.25) is 19.8 Å². The van der Waals surface area contributed by atoms with E-state index in [1.807, 2.05) is 30.6 Å². The van der Waals surface area contributed by atoms with Gasteiger partial charge in [-0.1, -0.05) is 48.4 Å². The fourth-order valence-electron chi connectivity index (χ4n) is 8.03. The van der Waals surface area contributed by atoms with E-state index in [1.54, 1.807) is 12.3 Å². The minimum Gasteiger partial charge on any atom is -0.488 e. The van der Waals surface area contributed by atoms with Crippen LogP contribution in [0.3, 0.4) is 0 Å². The quantitative estimate of drug-likeness (QED) is 0.108. The number of pyridine rings is 3. The van der Waals surface area contributed by atoms with Crippen LogP contribution in [0.25, 0.3) is 22.0 Å². The number of aromatic nitrogens is 3. The summed E-state index contributed by atoms with van der Waals surface area (Å²) in [4.78, 5) is 29.8. The SMILES string of the molecule is Cc1c(COc2cc(OCc3cncc(N=O)c3)c(CN3CCCCC3)cc2Cl)cccc1-c1cccc(Nc2nccc3cc(CN4CCCC4)cnc23)c1C. The lowest BCUT2D eigenvalue weighted by Gasteiger charge is -2.27. The Hall–Kier alpha value is -5.42. The van der Waals surface area contributed by atoms with Crippen LogP contribution in [0.4, 0.5) is 17.2 Å². The molecule has 8 rings (SSSR count). The molecule has 2 aliphatic rings. The Labute approximate surface area is 339 Å². The molecule has 5 heterocycles. The Bertz CT molecular complexity index is 2380. The van der Waals surface area contributed by atoms with Crippen LogP contribution in [0, 0.1) is 18.8 Å². The van der Waals surface area contributed by atoms with Crippen LogP contribution in [0.1, 0.15) is 65.5 Å². The van der Waals surface area contributed by atoms with Crippen LogP contribution in [0.2, 0.25) is 5.02 Å². The summed E-state index contributed by atoms with van der Waals surface area (Å²) in [7, 11) is 0. The van der Waals surface area contributed by atoms with Crippen LogP contribution in [0.5, 0.6) is 11.5 Å². The van der Waals surface area contributed by atoms with Crippen LogP contribution < -0.4 is 14.8 Å². The van der Waals surface area contributed by atoms with Gasteiger partial charge in [0.05, 0.1) is 11.2 Å². The molecule has 3 aromatic heterocycles. The highest BCUT2D eigenvalue weighted by Gasteiger charge is 2.19. The number of halogens is 1. The molecule has 0 aliphatic carbocycles. The first-order valence-electron chi connectivity index (χ1n) is 19.9. The fourth-order valence-corrected chi connectivity index (χ4v) is 8.27. The van der Waals surface area contributed by atoms with E-state index in [2.05, 4.69) is 81.6 Å². The maximum absolute atomic E-state index is 11.1. The number of nitrogens with zero attached hydrogens (tertiary/aromatic N) is 6. The van der Waals surface area contributed by atoms with Gasteiger partial charge in [0, 0.05) is 59.9 Å². The maximum Gasteiger partial charge on any atom is 0.156 e. The minimum atomic E-state index is 0.228. The van der Waals surface area contributed by atoms with Gasteiger partial charge in [0.1, 0.15) is 35.9 Å². The van der Waals surface area contributed by atoms with Crippen molar-refractivity contribution in [1.29, 1.82) is 0 Å². The maximum atomic E-state index is 11.1. The van der Waals surface area contributed by atoms with Crippen molar-refractivity contribution in [2.45, 2.75) is 72.3 Å². The van der Waals surface area contributed by atoms with E-state index in [1.165, 1.54) is 43.9 Å². The second-order valence-electron chi connectivity index (χ2n) is 15.2. The highest BCUT2D eigenvalue weighted by molar-refractivity contribution is 6.32. The van der Waals surface area contributed by atoms with Gasteiger partial charge >= 0.3 is 0 Å². The van der Waals surface area contributed by atoms with E-state index in [9.17, 15) is 4.91 Å². The van der Waals surface area contributed by atoms with Crippen LogP contribution in [-0.4, -0.2) is 50.9 Å². The number of likely N-dealkylation sites (tertiary alicyclic amines) is 2. The molecule has 0 saturated carbocycles. The lowest BCUT2D eigenvalue weighted by atomic mass is 9.93. The monoisotopic (exact) mass is 781 g/mol. The normalized spacial score (nSPS) is 14.9. The first-order valence-corrected chi connectivity index (χ1v) is 20.3. The second kappa shape index (κ2) is 17.8. The molecule has 2 saturated heterocycles. The third-order valence-electron chi connectivity index (χ3n) is 11.2. The molecule has 0 atom stereocenters. The molecule has 11 heteroatoms.